The standard InChI is InChI=1S/C26H30N6O3/c1-31-6-5-19-20(14-27)25(30)26(16-28,17-29)24(21(19)15-31)18-3-4-22(23(13-18)33-2)35-12-9-32-7-10-34-11-8-32/h3-5,13,21,24H,6-12,15,30H2,1-2H3. The molecule has 4 rings (SSSR count). The van der Waals surface area contributed by atoms with E-state index in [1.54, 1.807) is 7.11 Å². The summed E-state index contributed by atoms with van der Waals surface area (Å²) in [6, 6.07) is 12.0. The van der Waals surface area contributed by atoms with Crippen LogP contribution in [0.15, 0.2) is 41.1 Å². The summed E-state index contributed by atoms with van der Waals surface area (Å²) < 4.78 is 17.0. The van der Waals surface area contributed by atoms with E-state index in [2.05, 4.69) is 28.0 Å². The number of hydrogen-bond donors (Lipinski definition) is 1. The number of fused-ring (bicyclic) bond motifs is 1. The second-order valence-electron chi connectivity index (χ2n) is 9.11. The van der Waals surface area contributed by atoms with Gasteiger partial charge in [-0.3, -0.25) is 4.90 Å². The molecule has 2 heterocycles. The van der Waals surface area contributed by atoms with Crippen molar-refractivity contribution in [3.63, 3.8) is 0 Å². The predicted octanol–water partition coefficient (Wildman–Crippen LogP) is 1.76. The third-order valence-corrected chi connectivity index (χ3v) is 7.16. The van der Waals surface area contributed by atoms with Crippen LogP contribution in [0.3, 0.4) is 0 Å². The number of allylic oxidation sites excluding steroid dienone is 2. The van der Waals surface area contributed by atoms with E-state index in [0.29, 0.717) is 31.2 Å². The number of nitrogens with zero attached hydrogens (tertiary/aromatic N) is 5. The molecule has 3 aliphatic rings. The van der Waals surface area contributed by atoms with Gasteiger partial charge in [0.05, 0.1) is 43.7 Å². The van der Waals surface area contributed by atoms with Crippen LogP contribution >= 0.6 is 0 Å². The van der Waals surface area contributed by atoms with Crippen LogP contribution in [0.25, 0.3) is 0 Å². The first-order chi connectivity index (χ1) is 17.0. The van der Waals surface area contributed by atoms with E-state index in [9.17, 15) is 15.8 Å². The summed E-state index contributed by atoms with van der Waals surface area (Å²) in [5.41, 5.74) is 6.53. The minimum Gasteiger partial charge on any atom is -0.493 e. The van der Waals surface area contributed by atoms with Crippen LogP contribution in [-0.2, 0) is 4.74 Å². The van der Waals surface area contributed by atoms with Gasteiger partial charge in [-0.25, -0.2) is 0 Å². The molecular formula is C26H30N6O3. The molecule has 0 aromatic heterocycles. The maximum atomic E-state index is 10.2. The number of hydrogen-bond acceptors (Lipinski definition) is 9. The second kappa shape index (κ2) is 10.4. The molecule has 2 unspecified atom stereocenters. The monoisotopic (exact) mass is 474 g/mol. The van der Waals surface area contributed by atoms with Crippen LogP contribution in [0.2, 0.25) is 0 Å². The molecule has 0 amide bonds. The van der Waals surface area contributed by atoms with Gasteiger partial charge in [-0.1, -0.05) is 12.1 Å². The van der Waals surface area contributed by atoms with E-state index < -0.39 is 11.3 Å². The second-order valence-corrected chi connectivity index (χ2v) is 9.11. The molecule has 2 aliphatic heterocycles. The van der Waals surface area contributed by atoms with Gasteiger partial charge in [0.1, 0.15) is 12.7 Å². The Hall–Kier alpha value is -3.55. The molecule has 9 nitrogen and oxygen atoms in total. The molecule has 2 N–H and O–H groups in total. The van der Waals surface area contributed by atoms with Crippen molar-refractivity contribution < 1.29 is 14.2 Å². The largest absolute Gasteiger partial charge is 0.493 e. The molecule has 1 aliphatic carbocycles. The van der Waals surface area contributed by atoms with Gasteiger partial charge in [0.15, 0.2) is 16.9 Å². The summed E-state index contributed by atoms with van der Waals surface area (Å²) in [6.45, 7) is 5.79. The SMILES string of the molecule is COc1cc(C2C3CN(C)CC=C3C(C#N)=C(N)C2(C#N)C#N)ccc1OCCN1CCOCC1. The lowest BCUT2D eigenvalue weighted by molar-refractivity contribution is 0.0321. The number of nitriles is 3. The average Bonchev–Trinajstić information content (AvgIpc) is 2.89. The van der Waals surface area contributed by atoms with E-state index >= 15 is 0 Å². The van der Waals surface area contributed by atoms with Crippen LogP contribution in [0.4, 0.5) is 0 Å². The molecule has 0 radical (unpaired) electrons. The van der Waals surface area contributed by atoms with Crippen molar-refractivity contribution in [2.45, 2.75) is 5.92 Å². The van der Waals surface area contributed by atoms with Gasteiger partial charge >= 0.3 is 0 Å². The van der Waals surface area contributed by atoms with E-state index in [1.807, 2.05) is 31.3 Å². The van der Waals surface area contributed by atoms with E-state index in [4.69, 9.17) is 19.9 Å². The number of rotatable bonds is 6. The van der Waals surface area contributed by atoms with Gasteiger partial charge < -0.3 is 24.8 Å². The van der Waals surface area contributed by atoms with Crippen molar-refractivity contribution in [3.05, 3.63) is 46.7 Å². The van der Waals surface area contributed by atoms with Gasteiger partial charge in [0.25, 0.3) is 0 Å². The zero-order valence-electron chi connectivity index (χ0n) is 20.2. The normalized spacial score (nSPS) is 24.4. The molecule has 0 spiro atoms. The summed E-state index contributed by atoms with van der Waals surface area (Å²) in [7, 11) is 3.54. The lowest BCUT2D eigenvalue weighted by Crippen LogP contribution is -2.47. The van der Waals surface area contributed by atoms with Crippen LogP contribution < -0.4 is 15.2 Å². The van der Waals surface area contributed by atoms with Crippen LogP contribution in [0.5, 0.6) is 11.5 Å². The first kappa shape index (κ1) is 24.6. The molecule has 1 aromatic rings. The molecule has 9 heteroatoms. The minimum atomic E-state index is -1.67. The number of morpholine rings is 1. The Morgan fingerprint density at radius 1 is 1.17 bits per heavy atom. The lowest BCUT2D eigenvalue weighted by Gasteiger charge is -2.45. The van der Waals surface area contributed by atoms with Gasteiger partial charge in [-0.2, -0.15) is 15.8 Å². The molecule has 2 atom stereocenters. The Morgan fingerprint density at radius 2 is 1.91 bits per heavy atom. The Morgan fingerprint density at radius 3 is 2.57 bits per heavy atom. The Labute approximate surface area is 206 Å². The van der Waals surface area contributed by atoms with E-state index in [1.165, 1.54) is 0 Å². The summed E-state index contributed by atoms with van der Waals surface area (Å²) in [5.74, 6) is 0.308. The average molecular weight is 475 g/mol. The minimum absolute atomic E-state index is 0.0202. The Kier molecular flexibility index (Phi) is 7.28. The van der Waals surface area contributed by atoms with Gasteiger partial charge in [0, 0.05) is 44.6 Å². The first-order valence-electron chi connectivity index (χ1n) is 11.7. The quantitative estimate of drug-likeness (QED) is 0.655. The third kappa shape index (κ3) is 4.45. The zero-order valence-corrected chi connectivity index (χ0v) is 20.2. The number of methoxy groups -OCH3 is 1. The molecule has 1 fully saturated rings. The molecule has 1 saturated heterocycles. The van der Waals surface area contributed by atoms with Crippen LogP contribution in [-0.4, -0.2) is 76.5 Å². The zero-order chi connectivity index (χ0) is 25.0. The topological polar surface area (TPSA) is 132 Å². The van der Waals surface area contributed by atoms with Gasteiger partial charge in [-0.05, 0) is 30.3 Å². The number of likely N-dealkylation sites (N-methyl/N-ethyl adjacent to an activating group) is 1. The van der Waals surface area contributed by atoms with Gasteiger partial charge in [0.2, 0.25) is 0 Å². The number of benzene rings is 1. The number of ether oxygens (including phenoxy) is 3. The van der Waals surface area contributed by atoms with E-state index in [0.717, 1.165) is 44.0 Å². The highest BCUT2D eigenvalue weighted by Gasteiger charge is 2.54. The maximum Gasteiger partial charge on any atom is 0.191 e. The summed E-state index contributed by atoms with van der Waals surface area (Å²) in [5, 5.41) is 30.3. The van der Waals surface area contributed by atoms with Crippen LogP contribution in [0, 0.1) is 45.3 Å². The highest BCUT2D eigenvalue weighted by molar-refractivity contribution is 5.60. The van der Waals surface area contributed by atoms with Crippen molar-refractivity contribution in [3.8, 4) is 29.7 Å². The smallest absolute Gasteiger partial charge is 0.191 e. The summed E-state index contributed by atoms with van der Waals surface area (Å²) >= 11 is 0. The molecule has 0 saturated carbocycles. The first-order valence-corrected chi connectivity index (χ1v) is 11.7. The van der Waals surface area contributed by atoms with Crippen molar-refractivity contribution in [1.29, 1.82) is 15.8 Å². The fourth-order valence-corrected chi connectivity index (χ4v) is 5.31. The molecule has 35 heavy (non-hydrogen) atoms. The van der Waals surface area contributed by atoms with Crippen molar-refractivity contribution in [1.82, 2.24) is 9.80 Å². The van der Waals surface area contributed by atoms with Gasteiger partial charge in [-0.15, -0.1) is 0 Å². The Balaban J connectivity index is 1.69. The molecule has 182 valence electrons. The fraction of sp³-hybridized carbons (Fsp3) is 0.500. The van der Waals surface area contributed by atoms with Crippen molar-refractivity contribution in [2.75, 3.05) is 66.7 Å². The molecule has 1 aromatic carbocycles. The lowest BCUT2D eigenvalue weighted by atomic mass is 9.58. The predicted molar refractivity (Wildman–Crippen MR) is 128 cm³/mol. The van der Waals surface area contributed by atoms with Crippen LogP contribution in [0.1, 0.15) is 11.5 Å². The molecular weight excluding hydrogens is 444 g/mol. The van der Waals surface area contributed by atoms with Crippen molar-refractivity contribution >= 4 is 0 Å². The van der Waals surface area contributed by atoms with E-state index in [-0.39, 0.29) is 17.2 Å². The maximum absolute atomic E-state index is 10.2. The highest BCUT2D eigenvalue weighted by Crippen LogP contribution is 2.54. The number of nitrogens with two attached hydrogens (primary N) is 1. The summed E-state index contributed by atoms with van der Waals surface area (Å²) in [4.78, 5) is 4.40. The summed E-state index contributed by atoms with van der Waals surface area (Å²) in [6.07, 6.45) is 1.98. The fourth-order valence-electron chi connectivity index (χ4n) is 5.31. The third-order valence-electron chi connectivity index (χ3n) is 7.16. The molecule has 0 bridgehead atoms. The Bertz CT molecular complexity index is 1140. The highest BCUT2D eigenvalue weighted by atomic mass is 16.5. The van der Waals surface area contributed by atoms with Crippen molar-refractivity contribution in [2.24, 2.45) is 17.1 Å².